The largest absolute Gasteiger partial charge is 0.468 e. The molecular weight excluding hydrogens is 325 g/mol. The molecule has 0 saturated heterocycles. The van der Waals surface area contributed by atoms with E-state index in [1.54, 1.807) is 30.8 Å². The van der Waals surface area contributed by atoms with Crippen LogP contribution in [0, 0.1) is 0 Å². The summed E-state index contributed by atoms with van der Waals surface area (Å²) in [5.74, 6) is 0.918. The molecule has 22 heavy (non-hydrogen) atoms. The monoisotopic (exact) mass is 333 g/mol. The van der Waals surface area contributed by atoms with Gasteiger partial charge in [-0.1, -0.05) is 23.2 Å². The van der Waals surface area contributed by atoms with Crippen molar-refractivity contribution < 1.29 is 9.21 Å². The average molecular weight is 334 g/mol. The predicted octanol–water partition coefficient (Wildman–Crippen LogP) is 3.93. The van der Waals surface area contributed by atoms with Gasteiger partial charge in [-0.2, -0.15) is 0 Å². The summed E-state index contributed by atoms with van der Waals surface area (Å²) < 4.78 is 7.23. The van der Waals surface area contributed by atoms with E-state index in [-0.39, 0.29) is 12.3 Å². The lowest BCUT2D eigenvalue weighted by Crippen LogP contribution is -2.12. The summed E-state index contributed by atoms with van der Waals surface area (Å²) in [6.45, 7) is 0. The summed E-state index contributed by atoms with van der Waals surface area (Å²) in [6, 6.07) is 7.03. The first-order valence-electron chi connectivity index (χ1n) is 6.53. The van der Waals surface area contributed by atoms with Crippen molar-refractivity contribution in [3.05, 3.63) is 52.7 Å². The predicted molar refractivity (Wildman–Crippen MR) is 83.6 cm³/mol. The molecule has 1 aromatic carbocycles. The number of hydrogen-bond acceptors (Lipinski definition) is 3. The molecule has 4 rings (SSSR count). The Morgan fingerprint density at radius 1 is 1.27 bits per heavy atom. The maximum absolute atomic E-state index is 11.9. The van der Waals surface area contributed by atoms with Gasteiger partial charge in [-0.3, -0.25) is 9.36 Å². The SMILES string of the molecule is O=C1Cc2occc2-c2c(ncn2-c2ccc(Cl)cc2Cl)N1. The summed E-state index contributed by atoms with van der Waals surface area (Å²) in [5, 5.41) is 3.82. The molecule has 0 fully saturated rings. The van der Waals surface area contributed by atoms with Crippen molar-refractivity contribution in [2.75, 3.05) is 5.32 Å². The van der Waals surface area contributed by atoms with Crippen LogP contribution in [0.25, 0.3) is 16.9 Å². The highest BCUT2D eigenvalue weighted by Crippen LogP contribution is 2.37. The van der Waals surface area contributed by atoms with E-state index in [1.807, 2.05) is 10.6 Å². The maximum Gasteiger partial charge on any atom is 0.233 e. The van der Waals surface area contributed by atoms with E-state index in [4.69, 9.17) is 27.6 Å². The molecule has 0 spiro atoms. The fraction of sp³-hybridized carbons (Fsp3) is 0.0667. The van der Waals surface area contributed by atoms with Crippen molar-refractivity contribution in [3.8, 4) is 16.9 Å². The number of nitrogens with one attached hydrogen (secondary N) is 1. The number of rotatable bonds is 1. The molecule has 0 aliphatic carbocycles. The van der Waals surface area contributed by atoms with E-state index in [0.717, 1.165) is 16.9 Å². The van der Waals surface area contributed by atoms with Crippen molar-refractivity contribution in [2.24, 2.45) is 0 Å². The topological polar surface area (TPSA) is 60.1 Å². The highest BCUT2D eigenvalue weighted by molar-refractivity contribution is 6.35. The van der Waals surface area contributed by atoms with E-state index >= 15 is 0 Å². The Balaban J connectivity index is 1.98. The normalized spacial score (nSPS) is 13.3. The summed E-state index contributed by atoms with van der Waals surface area (Å²) in [7, 11) is 0. The van der Waals surface area contributed by atoms with E-state index in [0.29, 0.717) is 21.6 Å². The van der Waals surface area contributed by atoms with E-state index in [1.165, 1.54) is 0 Å². The number of amides is 1. The second-order valence-electron chi connectivity index (χ2n) is 4.89. The van der Waals surface area contributed by atoms with Crippen LogP contribution in [0.1, 0.15) is 5.76 Å². The van der Waals surface area contributed by atoms with Crippen molar-refractivity contribution in [2.45, 2.75) is 6.42 Å². The lowest BCUT2D eigenvalue weighted by Gasteiger charge is -2.10. The second-order valence-corrected chi connectivity index (χ2v) is 5.73. The van der Waals surface area contributed by atoms with Gasteiger partial charge in [-0.05, 0) is 24.3 Å². The number of carbonyl (C=O) groups excluding carboxylic acids is 1. The molecule has 5 nitrogen and oxygen atoms in total. The minimum atomic E-state index is -0.164. The van der Waals surface area contributed by atoms with Gasteiger partial charge < -0.3 is 9.73 Å². The maximum atomic E-state index is 11.9. The molecule has 2 aromatic heterocycles. The van der Waals surface area contributed by atoms with Crippen molar-refractivity contribution in [1.29, 1.82) is 0 Å². The zero-order chi connectivity index (χ0) is 15.3. The van der Waals surface area contributed by atoms with E-state index < -0.39 is 0 Å². The Hall–Kier alpha value is -2.24. The fourth-order valence-corrected chi connectivity index (χ4v) is 3.07. The van der Waals surface area contributed by atoms with E-state index in [2.05, 4.69) is 10.3 Å². The van der Waals surface area contributed by atoms with Gasteiger partial charge in [-0.15, -0.1) is 0 Å². The third-order valence-corrected chi connectivity index (χ3v) is 4.05. The van der Waals surface area contributed by atoms with Crippen LogP contribution >= 0.6 is 23.2 Å². The molecule has 7 heteroatoms. The van der Waals surface area contributed by atoms with Crippen molar-refractivity contribution in [3.63, 3.8) is 0 Å². The summed E-state index contributed by atoms with van der Waals surface area (Å²) in [4.78, 5) is 16.2. The number of fused-ring (bicyclic) bond motifs is 3. The minimum Gasteiger partial charge on any atom is -0.468 e. The minimum absolute atomic E-state index is 0.164. The molecule has 3 aromatic rings. The second kappa shape index (κ2) is 4.90. The van der Waals surface area contributed by atoms with Gasteiger partial charge in [0.2, 0.25) is 5.91 Å². The summed E-state index contributed by atoms with van der Waals surface area (Å²) in [5.41, 5.74) is 2.28. The number of furan rings is 1. The average Bonchev–Trinajstić information content (AvgIpc) is 3.03. The standard InChI is InChI=1S/C15H9Cl2N3O2/c16-8-1-2-11(10(17)5-8)20-7-18-15-14(20)9-3-4-22-12(9)6-13(21)19-15/h1-5,7H,6H2,(H,19,21). The first-order valence-corrected chi connectivity index (χ1v) is 7.28. The van der Waals surface area contributed by atoms with E-state index in [9.17, 15) is 4.79 Å². The van der Waals surface area contributed by atoms with Crippen LogP contribution < -0.4 is 5.32 Å². The highest BCUT2D eigenvalue weighted by atomic mass is 35.5. The molecule has 3 heterocycles. The number of carbonyl (C=O) groups is 1. The van der Waals surface area contributed by atoms with Crippen LogP contribution in [0.15, 0.2) is 41.3 Å². The van der Waals surface area contributed by atoms with Gasteiger partial charge in [0.1, 0.15) is 17.8 Å². The number of benzene rings is 1. The highest BCUT2D eigenvalue weighted by Gasteiger charge is 2.26. The molecule has 0 saturated carbocycles. The number of anilines is 1. The molecule has 0 bridgehead atoms. The van der Waals surface area contributed by atoms with Crippen molar-refractivity contribution in [1.82, 2.24) is 9.55 Å². The summed E-state index contributed by atoms with van der Waals surface area (Å²) in [6.07, 6.45) is 3.35. The molecule has 1 aliphatic rings. The number of nitrogens with zero attached hydrogens (tertiary/aromatic N) is 2. The number of aromatic nitrogens is 2. The first-order chi connectivity index (χ1) is 10.6. The zero-order valence-electron chi connectivity index (χ0n) is 11.1. The molecule has 0 atom stereocenters. The quantitative estimate of drug-likeness (QED) is 0.733. The van der Waals surface area contributed by atoms with Crippen LogP contribution in [0.5, 0.6) is 0 Å². The van der Waals surface area contributed by atoms with Gasteiger partial charge in [-0.25, -0.2) is 4.98 Å². The van der Waals surface area contributed by atoms with Gasteiger partial charge in [0, 0.05) is 10.6 Å². The number of hydrogen-bond donors (Lipinski definition) is 1. The third-order valence-electron chi connectivity index (χ3n) is 3.52. The lowest BCUT2D eigenvalue weighted by atomic mass is 10.1. The summed E-state index contributed by atoms with van der Waals surface area (Å²) >= 11 is 12.2. The Kier molecular flexibility index (Phi) is 2.99. The molecular formula is C15H9Cl2N3O2. The smallest absolute Gasteiger partial charge is 0.233 e. The van der Waals surface area contributed by atoms with Crippen LogP contribution in [0.4, 0.5) is 5.82 Å². The Labute approximate surface area is 135 Å². The van der Waals surface area contributed by atoms with Gasteiger partial charge >= 0.3 is 0 Å². The van der Waals surface area contributed by atoms with Crippen LogP contribution in [-0.2, 0) is 11.2 Å². The lowest BCUT2D eigenvalue weighted by molar-refractivity contribution is -0.115. The molecule has 0 unspecified atom stereocenters. The zero-order valence-corrected chi connectivity index (χ0v) is 12.6. The number of imidazole rings is 1. The Morgan fingerprint density at radius 2 is 2.14 bits per heavy atom. The van der Waals surface area contributed by atoms with Gasteiger partial charge in [0.25, 0.3) is 0 Å². The molecule has 1 N–H and O–H groups in total. The van der Waals surface area contributed by atoms with Crippen LogP contribution in [0.2, 0.25) is 10.0 Å². The molecule has 1 amide bonds. The van der Waals surface area contributed by atoms with Crippen molar-refractivity contribution >= 4 is 34.9 Å². The van der Waals surface area contributed by atoms with Gasteiger partial charge in [0.15, 0.2) is 5.82 Å². The third kappa shape index (κ3) is 2.01. The molecule has 110 valence electrons. The van der Waals surface area contributed by atoms with Gasteiger partial charge in [0.05, 0.1) is 23.4 Å². The molecule has 1 aliphatic heterocycles. The Bertz CT molecular complexity index is 898. The van der Waals surface area contributed by atoms with Crippen LogP contribution in [-0.4, -0.2) is 15.5 Å². The number of halogens is 2. The first kappa shape index (κ1) is 13.4. The van der Waals surface area contributed by atoms with Crippen LogP contribution in [0.3, 0.4) is 0 Å². The Morgan fingerprint density at radius 3 is 2.95 bits per heavy atom. The molecule has 0 radical (unpaired) electrons. The fourth-order valence-electron chi connectivity index (χ4n) is 2.57.